The largest absolute Gasteiger partial charge is 0.390 e. The van der Waals surface area contributed by atoms with E-state index in [1.807, 2.05) is 6.92 Å². The zero-order chi connectivity index (χ0) is 11.6. The Hall–Kier alpha value is -0.860. The molecule has 2 rings (SSSR count). The number of fused-ring (bicyclic) bond motifs is 1. The predicted octanol–water partition coefficient (Wildman–Crippen LogP) is 3.99. The minimum Gasteiger partial charge on any atom is -0.390 e. The first-order valence-electron chi connectivity index (χ1n) is 5.80. The van der Waals surface area contributed by atoms with Crippen molar-refractivity contribution in [1.29, 1.82) is 0 Å². The van der Waals surface area contributed by atoms with E-state index in [0.717, 1.165) is 19.3 Å². The summed E-state index contributed by atoms with van der Waals surface area (Å²) in [4.78, 5) is 0. The van der Waals surface area contributed by atoms with Crippen LogP contribution >= 0.6 is 11.3 Å². The first-order chi connectivity index (χ1) is 7.62. The van der Waals surface area contributed by atoms with E-state index < -0.39 is 5.60 Å². The molecule has 0 saturated heterocycles. The number of rotatable bonds is 4. The summed E-state index contributed by atoms with van der Waals surface area (Å²) in [6.07, 6.45) is 2.64. The topological polar surface area (TPSA) is 20.2 Å². The fourth-order valence-electron chi connectivity index (χ4n) is 2.21. The van der Waals surface area contributed by atoms with Crippen LogP contribution in [0.5, 0.6) is 0 Å². The van der Waals surface area contributed by atoms with Crippen LogP contribution < -0.4 is 0 Å². The number of aliphatic hydroxyl groups is 1. The third-order valence-corrected chi connectivity index (χ3v) is 3.93. The monoisotopic (exact) mass is 234 g/mol. The van der Waals surface area contributed by atoms with Gasteiger partial charge in [0.05, 0.1) is 5.60 Å². The van der Waals surface area contributed by atoms with Crippen LogP contribution in [0.2, 0.25) is 0 Å². The lowest BCUT2D eigenvalue weighted by Gasteiger charge is -2.22. The Balaban J connectivity index is 2.27. The van der Waals surface area contributed by atoms with Gasteiger partial charge in [-0.1, -0.05) is 31.5 Å². The molecule has 86 valence electrons. The maximum atomic E-state index is 10.3. The van der Waals surface area contributed by atoms with Crippen LogP contribution in [0.15, 0.2) is 29.6 Å². The molecule has 1 aromatic heterocycles. The van der Waals surface area contributed by atoms with Gasteiger partial charge in [0.25, 0.3) is 0 Å². The summed E-state index contributed by atoms with van der Waals surface area (Å²) in [5.74, 6) is 0. The summed E-state index contributed by atoms with van der Waals surface area (Å²) < 4.78 is 1.31. The molecule has 0 aliphatic heterocycles. The van der Waals surface area contributed by atoms with Gasteiger partial charge in [-0.15, -0.1) is 11.3 Å². The lowest BCUT2D eigenvalue weighted by Crippen LogP contribution is -2.26. The number of thiophene rings is 1. The first kappa shape index (κ1) is 11.6. The summed E-state index contributed by atoms with van der Waals surface area (Å²) in [6, 6.07) is 8.40. The average molecular weight is 234 g/mol. The molecule has 0 saturated carbocycles. The van der Waals surface area contributed by atoms with Crippen LogP contribution in [-0.2, 0) is 6.42 Å². The molecule has 0 bridgehead atoms. The normalized spacial score (nSPS) is 15.2. The quantitative estimate of drug-likeness (QED) is 0.848. The maximum absolute atomic E-state index is 10.3. The van der Waals surface area contributed by atoms with Crippen molar-refractivity contribution in [3.63, 3.8) is 0 Å². The molecule has 0 spiro atoms. The Morgan fingerprint density at radius 3 is 2.81 bits per heavy atom. The van der Waals surface area contributed by atoms with Gasteiger partial charge in [-0.3, -0.25) is 0 Å². The van der Waals surface area contributed by atoms with E-state index in [0.29, 0.717) is 0 Å². The average Bonchev–Trinajstić information content (AvgIpc) is 2.61. The zero-order valence-electron chi connectivity index (χ0n) is 9.86. The van der Waals surface area contributed by atoms with Crippen molar-refractivity contribution < 1.29 is 5.11 Å². The molecule has 1 N–H and O–H groups in total. The molecule has 1 atom stereocenters. The van der Waals surface area contributed by atoms with E-state index in [4.69, 9.17) is 0 Å². The Kier molecular flexibility index (Phi) is 3.31. The fraction of sp³-hybridized carbons (Fsp3) is 0.429. The molecule has 0 radical (unpaired) electrons. The Labute approximate surface area is 101 Å². The summed E-state index contributed by atoms with van der Waals surface area (Å²) >= 11 is 1.76. The van der Waals surface area contributed by atoms with Crippen LogP contribution in [-0.4, -0.2) is 10.7 Å². The van der Waals surface area contributed by atoms with Gasteiger partial charge in [-0.25, -0.2) is 0 Å². The zero-order valence-corrected chi connectivity index (χ0v) is 10.7. The second-order valence-electron chi connectivity index (χ2n) is 4.68. The highest BCUT2D eigenvalue weighted by Gasteiger charge is 2.21. The first-order valence-corrected chi connectivity index (χ1v) is 6.68. The van der Waals surface area contributed by atoms with Gasteiger partial charge in [0.1, 0.15) is 0 Å². The molecule has 16 heavy (non-hydrogen) atoms. The molecular weight excluding hydrogens is 216 g/mol. The summed E-state index contributed by atoms with van der Waals surface area (Å²) in [7, 11) is 0. The van der Waals surface area contributed by atoms with Gasteiger partial charge in [0.15, 0.2) is 0 Å². The molecule has 0 aliphatic carbocycles. The minimum absolute atomic E-state index is 0.571. The number of hydrogen-bond donors (Lipinski definition) is 1. The van der Waals surface area contributed by atoms with E-state index >= 15 is 0 Å². The molecule has 1 heterocycles. The van der Waals surface area contributed by atoms with Crippen molar-refractivity contribution in [3.8, 4) is 0 Å². The maximum Gasteiger partial charge on any atom is 0.0660 e. The summed E-state index contributed by atoms with van der Waals surface area (Å²) in [5, 5.41) is 13.7. The van der Waals surface area contributed by atoms with Gasteiger partial charge in [-0.2, -0.15) is 0 Å². The van der Waals surface area contributed by atoms with Gasteiger partial charge >= 0.3 is 0 Å². The third kappa shape index (κ3) is 2.45. The highest BCUT2D eigenvalue weighted by Crippen LogP contribution is 2.29. The van der Waals surface area contributed by atoms with Crippen molar-refractivity contribution in [2.45, 2.75) is 38.7 Å². The van der Waals surface area contributed by atoms with E-state index in [1.54, 1.807) is 11.3 Å². The summed E-state index contributed by atoms with van der Waals surface area (Å²) in [5.41, 5.74) is 0.706. The molecule has 2 heteroatoms. The highest BCUT2D eigenvalue weighted by molar-refractivity contribution is 7.17. The van der Waals surface area contributed by atoms with Crippen molar-refractivity contribution in [1.82, 2.24) is 0 Å². The van der Waals surface area contributed by atoms with Crippen molar-refractivity contribution in [2.75, 3.05) is 0 Å². The Morgan fingerprint density at radius 2 is 2.06 bits per heavy atom. The van der Waals surface area contributed by atoms with Crippen molar-refractivity contribution in [2.24, 2.45) is 0 Å². The van der Waals surface area contributed by atoms with Gasteiger partial charge in [0.2, 0.25) is 0 Å². The highest BCUT2D eigenvalue weighted by atomic mass is 32.1. The Bertz CT molecular complexity index is 470. The van der Waals surface area contributed by atoms with Crippen LogP contribution in [0, 0.1) is 0 Å². The van der Waals surface area contributed by atoms with Crippen LogP contribution in [0.4, 0.5) is 0 Å². The lowest BCUT2D eigenvalue weighted by molar-refractivity contribution is 0.0509. The standard InChI is InChI=1S/C14H18OS/c1-3-8-14(2,15)9-11-10-16-13-7-5-4-6-12(11)13/h4-7,10,15H,3,8-9H2,1-2H3. The predicted molar refractivity (Wildman–Crippen MR) is 71.1 cm³/mol. The van der Waals surface area contributed by atoms with Gasteiger partial charge in [0, 0.05) is 11.1 Å². The van der Waals surface area contributed by atoms with Gasteiger partial charge in [-0.05, 0) is 35.7 Å². The minimum atomic E-state index is -0.571. The molecular formula is C14H18OS. The van der Waals surface area contributed by atoms with E-state index in [2.05, 4.69) is 36.6 Å². The van der Waals surface area contributed by atoms with E-state index in [1.165, 1.54) is 15.6 Å². The molecule has 0 amide bonds. The molecule has 0 aliphatic rings. The number of hydrogen-bond acceptors (Lipinski definition) is 2. The molecule has 1 aromatic carbocycles. The van der Waals surface area contributed by atoms with Crippen molar-refractivity contribution >= 4 is 21.4 Å². The summed E-state index contributed by atoms with van der Waals surface area (Å²) in [6.45, 7) is 4.04. The Morgan fingerprint density at radius 1 is 1.31 bits per heavy atom. The SMILES string of the molecule is CCCC(C)(O)Cc1csc2ccccc12. The molecule has 0 fully saturated rings. The number of benzene rings is 1. The van der Waals surface area contributed by atoms with Crippen LogP contribution in [0.25, 0.3) is 10.1 Å². The van der Waals surface area contributed by atoms with Crippen molar-refractivity contribution in [3.05, 3.63) is 35.2 Å². The molecule has 2 aromatic rings. The van der Waals surface area contributed by atoms with Gasteiger partial charge < -0.3 is 5.11 Å². The molecule has 1 nitrogen and oxygen atoms in total. The second-order valence-corrected chi connectivity index (χ2v) is 5.59. The van der Waals surface area contributed by atoms with Crippen LogP contribution in [0.3, 0.4) is 0 Å². The van der Waals surface area contributed by atoms with Crippen LogP contribution in [0.1, 0.15) is 32.3 Å². The third-order valence-electron chi connectivity index (χ3n) is 2.92. The molecule has 1 unspecified atom stereocenters. The second kappa shape index (κ2) is 4.56. The van der Waals surface area contributed by atoms with E-state index in [9.17, 15) is 5.11 Å². The fourth-order valence-corrected chi connectivity index (χ4v) is 3.17. The van der Waals surface area contributed by atoms with E-state index in [-0.39, 0.29) is 0 Å². The lowest BCUT2D eigenvalue weighted by atomic mass is 9.92. The smallest absolute Gasteiger partial charge is 0.0660 e.